The first-order valence-electron chi connectivity index (χ1n) is 11.8. The summed E-state index contributed by atoms with van der Waals surface area (Å²) in [5.74, 6) is -1.15. The molecule has 0 saturated carbocycles. The van der Waals surface area contributed by atoms with Crippen LogP contribution in [0.5, 0.6) is 0 Å². The minimum Gasteiger partial charge on any atom is -0.361 e. The average molecular weight is 500 g/mol. The van der Waals surface area contributed by atoms with Crippen molar-refractivity contribution in [2.45, 2.75) is 33.0 Å². The van der Waals surface area contributed by atoms with Crippen LogP contribution in [0.15, 0.2) is 76.7 Å². The highest BCUT2D eigenvalue weighted by atomic mass is 16.2. The minimum absolute atomic E-state index is 0.0375. The van der Waals surface area contributed by atoms with Crippen molar-refractivity contribution in [1.29, 1.82) is 0 Å². The van der Waals surface area contributed by atoms with Gasteiger partial charge in [0.15, 0.2) is 11.2 Å². The molecule has 5 rings (SSSR count). The molecule has 0 atom stereocenters. The number of nitrogens with one attached hydrogen (secondary N) is 3. The van der Waals surface area contributed by atoms with Crippen LogP contribution in [0.2, 0.25) is 0 Å². The number of nitrogens with zero attached hydrogens (tertiary/aromatic N) is 4. The van der Waals surface area contributed by atoms with Crippen LogP contribution in [0.4, 0.5) is 0 Å². The number of carbonyl (C=O) groups excluding carboxylic acids is 2. The third-order valence-corrected chi connectivity index (χ3v) is 6.18. The lowest BCUT2D eigenvalue weighted by atomic mass is 10.1. The molecule has 0 spiro atoms. The van der Waals surface area contributed by atoms with Crippen molar-refractivity contribution in [3.63, 3.8) is 0 Å². The molecule has 11 heteroatoms. The maximum absolute atomic E-state index is 13.3. The molecular weight excluding hydrogens is 474 g/mol. The molecule has 0 aliphatic heterocycles. The fourth-order valence-corrected chi connectivity index (χ4v) is 4.34. The molecule has 0 aliphatic rings. The molecule has 0 fully saturated rings. The first-order valence-corrected chi connectivity index (χ1v) is 11.8. The Morgan fingerprint density at radius 1 is 0.946 bits per heavy atom. The van der Waals surface area contributed by atoms with Crippen molar-refractivity contribution in [2.75, 3.05) is 0 Å². The number of amides is 2. The van der Waals surface area contributed by atoms with Crippen molar-refractivity contribution >= 4 is 33.9 Å². The van der Waals surface area contributed by atoms with E-state index in [-0.39, 0.29) is 24.1 Å². The number of para-hydroxylation sites is 1. The van der Waals surface area contributed by atoms with Crippen LogP contribution in [-0.4, -0.2) is 35.5 Å². The van der Waals surface area contributed by atoms with Crippen LogP contribution in [-0.2, 0) is 35.6 Å². The van der Waals surface area contributed by atoms with Gasteiger partial charge in [0, 0.05) is 23.6 Å². The fraction of sp³-hybridized carbons (Fsp3) is 0.192. The molecule has 188 valence electrons. The largest absolute Gasteiger partial charge is 0.361 e. The molecule has 0 unspecified atom stereocenters. The second-order valence-corrected chi connectivity index (χ2v) is 8.58. The predicted octanol–water partition coefficient (Wildman–Crippen LogP) is 1.30. The molecule has 0 saturated heterocycles. The Bertz CT molecular complexity index is 1730. The Morgan fingerprint density at radius 3 is 2.46 bits per heavy atom. The van der Waals surface area contributed by atoms with Gasteiger partial charge in [-0.15, -0.1) is 0 Å². The number of aromatic amines is 1. The van der Waals surface area contributed by atoms with E-state index in [1.54, 1.807) is 10.8 Å². The van der Waals surface area contributed by atoms with Gasteiger partial charge in [-0.3, -0.25) is 29.8 Å². The number of aromatic nitrogens is 5. The van der Waals surface area contributed by atoms with Crippen LogP contribution < -0.4 is 22.1 Å². The zero-order valence-corrected chi connectivity index (χ0v) is 20.1. The number of hydrogen-bond donors (Lipinski definition) is 3. The van der Waals surface area contributed by atoms with E-state index in [1.165, 1.54) is 10.9 Å². The normalized spacial score (nSPS) is 11.2. The van der Waals surface area contributed by atoms with Crippen molar-refractivity contribution < 1.29 is 9.59 Å². The summed E-state index contributed by atoms with van der Waals surface area (Å²) >= 11 is 0. The lowest BCUT2D eigenvalue weighted by Crippen LogP contribution is -2.48. The minimum atomic E-state index is -0.709. The SMILES string of the molecule is CCn1cnc2c1c(=O)n(CC(=O)NNC(=O)Cc1c[nH]c3ccccc13)c(=O)n2Cc1ccccc1. The molecule has 0 bridgehead atoms. The number of benzene rings is 2. The molecule has 3 N–H and O–H groups in total. The highest BCUT2D eigenvalue weighted by Gasteiger charge is 2.20. The van der Waals surface area contributed by atoms with Crippen LogP contribution in [0.3, 0.4) is 0 Å². The van der Waals surface area contributed by atoms with Gasteiger partial charge >= 0.3 is 5.69 Å². The third-order valence-electron chi connectivity index (χ3n) is 6.18. The Kier molecular flexibility index (Phi) is 6.42. The van der Waals surface area contributed by atoms with E-state index in [0.717, 1.165) is 26.6 Å². The van der Waals surface area contributed by atoms with E-state index in [1.807, 2.05) is 61.5 Å². The summed E-state index contributed by atoms with van der Waals surface area (Å²) in [6.07, 6.45) is 3.28. The molecule has 3 aromatic heterocycles. The summed E-state index contributed by atoms with van der Waals surface area (Å²) in [6, 6.07) is 16.9. The average Bonchev–Trinajstić information content (AvgIpc) is 3.53. The fourth-order valence-electron chi connectivity index (χ4n) is 4.34. The molecule has 2 amide bonds. The van der Waals surface area contributed by atoms with E-state index >= 15 is 0 Å². The zero-order chi connectivity index (χ0) is 25.9. The van der Waals surface area contributed by atoms with Gasteiger partial charge in [0.1, 0.15) is 6.54 Å². The van der Waals surface area contributed by atoms with E-state index in [4.69, 9.17) is 0 Å². The standard InChI is InChI=1S/C26H25N7O4/c1-2-31-16-28-24-23(31)25(36)33(26(37)32(24)14-17-8-4-3-5-9-17)15-22(35)30-29-21(34)12-18-13-27-20-11-7-6-10-19(18)20/h3-11,13,16,27H,2,12,14-15H2,1H3,(H,29,34)(H,30,35). The molecule has 0 radical (unpaired) electrons. The maximum Gasteiger partial charge on any atom is 0.333 e. The number of H-pyrrole nitrogens is 1. The van der Waals surface area contributed by atoms with Crippen LogP contribution in [0, 0.1) is 0 Å². The van der Waals surface area contributed by atoms with Gasteiger partial charge in [-0.2, -0.15) is 0 Å². The second-order valence-electron chi connectivity index (χ2n) is 8.58. The topological polar surface area (TPSA) is 136 Å². The van der Waals surface area contributed by atoms with Crippen molar-refractivity contribution in [2.24, 2.45) is 0 Å². The lowest BCUT2D eigenvalue weighted by Gasteiger charge is -2.13. The summed E-state index contributed by atoms with van der Waals surface area (Å²) in [5.41, 5.74) is 6.39. The maximum atomic E-state index is 13.3. The number of hydrogen-bond acceptors (Lipinski definition) is 5. The number of hydrazine groups is 1. The quantitative estimate of drug-likeness (QED) is 0.290. The van der Waals surface area contributed by atoms with E-state index < -0.39 is 29.6 Å². The Balaban J connectivity index is 1.36. The summed E-state index contributed by atoms with van der Waals surface area (Å²) < 4.78 is 3.87. The zero-order valence-electron chi connectivity index (χ0n) is 20.1. The van der Waals surface area contributed by atoms with Crippen LogP contribution >= 0.6 is 0 Å². The monoisotopic (exact) mass is 499 g/mol. The second kappa shape index (κ2) is 9.97. The van der Waals surface area contributed by atoms with Crippen LogP contribution in [0.1, 0.15) is 18.1 Å². The Hall–Kier alpha value is -4.93. The molecular formula is C26H25N7O4. The highest BCUT2D eigenvalue weighted by molar-refractivity contribution is 5.89. The summed E-state index contributed by atoms with van der Waals surface area (Å²) in [5, 5.41) is 0.912. The molecule has 2 aromatic carbocycles. The van der Waals surface area contributed by atoms with Crippen LogP contribution in [0.25, 0.3) is 22.1 Å². The number of aryl methyl sites for hydroxylation is 1. The smallest absolute Gasteiger partial charge is 0.333 e. The van der Waals surface area contributed by atoms with E-state index in [9.17, 15) is 19.2 Å². The summed E-state index contributed by atoms with van der Waals surface area (Å²) in [6.45, 7) is 1.93. The van der Waals surface area contributed by atoms with Gasteiger partial charge < -0.3 is 9.55 Å². The van der Waals surface area contributed by atoms with Gasteiger partial charge in [-0.05, 0) is 24.1 Å². The van der Waals surface area contributed by atoms with Gasteiger partial charge in [0.25, 0.3) is 11.5 Å². The third kappa shape index (κ3) is 4.66. The predicted molar refractivity (Wildman–Crippen MR) is 138 cm³/mol. The first-order chi connectivity index (χ1) is 18.0. The molecule has 5 aromatic rings. The van der Waals surface area contributed by atoms with Crippen molar-refractivity contribution in [1.82, 2.24) is 34.5 Å². The molecule has 11 nitrogen and oxygen atoms in total. The Labute approximate surface area is 210 Å². The van der Waals surface area contributed by atoms with E-state index in [0.29, 0.717) is 6.54 Å². The van der Waals surface area contributed by atoms with Gasteiger partial charge in [-0.25, -0.2) is 14.3 Å². The lowest BCUT2D eigenvalue weighted by molar-refractivity contribution is -0.129. The highest BCUT2D eigenvalue weighted by Crippen LogP contribution is 2.17. The Morgan fingerprint density at radius 2 is 1.68 bits per heavy atom. The van der Waals surface area contributed by atoms with E-state index in [2.05, 4.69) is 20.8 Å². The molecule has 3 heterocycles. The number of imidazole rings is 1. The molecule has 37 heavy (non-hydrogen) atoms. The van der Waals surface area contributed by atoms with Crippen molar-refractivity contribution in [3.05, 3.63) is 99.1 Å². The van der Waals surface area contributed by atoms with Crippen molar-refractivity contribution in [3.8, 4) is 0 Å². The first kappa shape index (κ1) is 23.8. The van der Waals surface area contributed by atoms with Gasteiger partial charge in [-0.1, -0.05) is 48.5 Å². The van der Waals surface area contributed by atoms with Gasteiger partial charge in [0.2, 0.25) is 5.91 Å². The molecule has 0 aliphatic carbocycles. The summed E-state index contributed by atoms with van der Waals surface area (Å²) in [7, 11) is 0. The van der Waals surface area contributed by atoms with Gasteiger partial charge in [0.05, 0.1) is 19.3 Å². The number of rotatable bonds is 7. The summed E-state index contributed by atoms with van der Waals surface area (Å²) in [4.78, 5) is 59.1. The number of carbonyl (C=O) groups is 2. The number of fused-ring (bicyclic) bond motifs is 2.